The zero-order chi connectivity index (χ0) is 10.2. The van der Waals surface area contributed by atoms with Crippen LogP contribution in [-0.2, 0) is 7.05 Å². The second-order valence-corrected chi connectivity index (χ2v) is 4.95. The maximum atomic E-state index is 4.19. The van der Waals surface area contributed by atoms with E-state index in [0.29, 0.717) is 0 Å². The minimum atomic E-state index is 1.02. The minimum Gasteiger partial charge on any atom is -0.275 e. The van der Waals surface area contributed by atoms with Crippen molar-refractivity contribution in [3.63, 3.8) is 0 Å². The molecule has 0 unspecified atom stereocenters. The van der Waals surface area contributed by atoms with Crippen LogP contribution >= 0.6 is 24.4 Å². The molecule has 0 aliphatic carbocycles. The topological polar surface area (TPSA) is 17.8 Å². The number of aromatic nitrogens is 2. The fourth-order valence-corrected chi connectivity index (χ4v) is 2.39. The first kappa shape index (κ1) is 12.0. The molecule has 1 aromatic heterocycles. The number of aryl methyl sites for hydroxylation is 1. The van der Waals surface area contributed by atoms with Gasteiger partial charge in [0.15, 0.2) is 0 Å². The van der Waals surface area contributed by atoms with E-state index in [1.807, 2.05) is 29.7 Å². The van der Waals surface area contributed by atoms with Crippen LogP contribution in [0.5, 0.6) is 0 Å². The van der Waals surface area contributed by atoms with Crippen molar-refractivity contribution in [1.82, 2.24) is 9.78 Å². The lowest BCUT2D eigenvalue weighted by Crippen LogP contribution is -1.84. The fraction of sp³-hybridized carbons (Fsp3) is 0.700. The van der Waals surface area contributed by atoms with Gasteiger partial charge in [0.25, 0.3) is 0 Å². The fourth-order valence-electron chi connectivity index (χ4n) is 1.23. The van der Waals surface area contributed by atoms with Crippen LogP contribution in [0.2, 0.25) is 0 Å². The maximum Gasteiger partial charge on any atom is 0.0625 e. The van der Waals surface area contributed by atoms with Crippen LogP contribution in [0.25, 0.3) is 0 Å². The first-order valence-corrected chi connectivity index (χ1v) is 6.67. The third-order valence-corrected chi connectivity index (χ3v) is 3.36. The molecule has 0 bridgehead atoms. The lowest BCUT2D eigenvalue weighted by atomic mass is 10.2. The first-order chi connectivity index (χ1) is 6.83. The molecule has 0 fully saturated rings. The van der Waals surface area contributed by atoms with Gasteiger partial charge in [0.05, 0.1) is 6.20 Å². The summed E-state index contributed by atoms with van der Waals surface area (Å²) in [6.07, 6.45) is 9.19. The predicted octanol–water partition coefficient (Wildman–Crippen LogP) is 3.00. The van der Waals surface area contributed by atoms with Crippen LogP contribution < -0.4 is 0 Å². The molecular formula is C10H18N2S2. The van der Waals surface area contributed by atoms with Crippen molar-refractivity contribution >= 4 is 24.4 Å². The summed E-state index contributed by atoms with van der Waals surface area (Å²) in [6, 6.07) is 0. The summed E-state index contributed by atoms with van der Waals surface area (Å²) in [5.41, 5.74) is 0. The molecule has 0 aliphatic rings. The van der Waals surface area contributed by atoms with Gasteiger partial charge in [-0.15, -0.1) is 11.8 Å². The molecule has 0 amide bonds. The molecule has 0 aromatic carbocycles. The Hall–Kier alpha value is -0.0900. The molecule has 1 aromatic rings. The van der Waals surface area contributed by atoms with Crippen molar-refractivity contribution in [1.29, 1.82) is 0 Å². The third-order valence-electron chi connectivity index (χ3n) is 2.00. The van der Waals surface area contributed by atoms with Crippen molar-refractivity contribution in [2.75, 3.05) is 11.5 Å². The first-order valence-electron chi connectivity index (χ1n) is 5.05. The van der Waals surface area contributed by atoms with E-state index in [2.05, 4.69) is 23.9 Å². The number of thioether (sulfide) groups is 1. The standard InChI is InChI=1S/C10H18N2S2/c1-12-9-10(8-11-12)14-7-5-3-2-4-6-13/h8-9,13H,2-7H2,1H3. The summed E-state index contributed by atoms with van der Waals surface area (Å²) >= 11 is 6.09. The quantitative estimate of drug-likeness (QED) is 0.441. The van der Waals surface area contributed by atoms with E-state index in [0.717, 1.165) is 5.75 Å². The molecule has 80 valence electrons. The zero-order valence-corrected chi connectivity index (χ0v) is 10.4. The van der Waals surface area contributed by atoms with E-state index in [1.165, 1.54) is 36.3 Å². The normalized spacial score (nSPS) is 10.7. The summed E-state index contributed by atoms with van der Waals surface area (Å²) in [5, 5.41) is 4.13. The number of nitrogens with zero attached hydrogens (tertiary/aromatic N) is 2. The van der Waals surface area contributed by atoms with Crippen LogP contribution in [0.3, 0.4) is 0 Å². The Morgan fingerprint density at radius 3 is 2.79 bits per heavy atom. The summed E-state index contributed by atoms with van der Waals surface area (Å²) in [4.78, 5) is 1.28. The van der Waals surface area contributed by atoms with Gasteiger partial charge in [0, 0.05) is 18.1 Å². The highest BCUT2D eigenvalue weighted by atomic mass is 32.2. The van der Waals surface area contributed by atoms with Crippen molar-refractivity contribution in [3.05, 3.63) is 12.4 Å². The summed E-state index contributed by atoms with van der Waals surface area (Å²) in [5.74, 6) is 2.23. The molecule has 0 spiro atoms. The van der Waals surface area contributed by atoms with Gasteiger partial charge in [-0.1, -0.05) is 12.8 Å². The number of hydrogen-bond acceptors (Lipinski definition) is 3. The van der Waals surface area contributed by atoms with E-state index in [9.17, 15) is 0 Å². The molecule has 0 N–H and O–H groups in total. The van der Waals surface area contributed by atoms with Crippen molar-refractivity contribution in [2.45, 2.75) is 30.6 Å². The Morgan fingerprint density at radius 1 is 1.36 bits per heavy atom. The number of rotatable bonds is 7. The van der Waals surface area contributed by atoms with Crippen LogP contribution in [0.15, 0.2) is 17.3 Å². The highest BCUT2D eigenvalue weighted by Crippen LogP contribution is 2.18. The number of hydrogen-bond donors (Lipinski definition) is 1. The van der Waals surface area contributed by atoms with E-state index < -0.39 is 0 Å². The van der Waals surface area contributed by atoms with Crippen LogP contribution in [-0.4, -0.2) is 21.3 Å². The smallest absolute Gasteiger partial charge is 0.0625 e. The van der Waals surface area contributed by atoms with Gasteiger partial charge in [-0.05, 0) is 24.3 Å². The van der Waals surface area contributed by atoms with E-state index >= 15 is 0 Å². The van der Waals surface area contributed by atoms with Gasteiger partial charge in [0.1, 0.15) is 0 Å². The molecule has 0 radical (unpaired) electrons. The van der Waals surface area contributed by atoms with Crippen molar-refractivity contribution in [3.8, 4) is 0 Å². The van der Waals surface area contributed by atoms with E-state index in [-0.39, 0.29) is 0 Å². The monoisotopic (exact) mass is 230 g/mol. The molecule has 0 atom stereocenters. The van der Waals surface area contributed by atoms with E-state index in [1.54, 1.807) is 0 Å². The molecule has 0 saturated carbocycles. The largest absolute Gasteiger partial charge is 0.275 e. The summed E-state index contributed by atoms with van der Waals surface area (Å²) in [6.45, 7) is 0. The van der Waals surface area contributed by atoms with Gasteiger partial charge in [0.2, 0.25) is 0 Å². The second-order valence-electron chi connectivity index (χ2n) is 3.34. The van der Waals surface area contributed by atoms with Gasteiger partial charge in [-0.3, -0.25) is 4.68 Å². The zero-order valence-electron chi connectivity index (χ0n) is 8.65. The molecule has 14 heavy (non-hydrogen) atoms. The molecule has 0 aliphatic heterocycles. The van der Waals surface area contributed by atoms with Gasteiger partial charge >= 0.3 is 0 Å². The highest BCUT2D eigenvalue weighted by Gasteiger charge is 1.96. The molecular weight excluding hydrogens is 212 g/mol. The lowest BCUT2D eigenvalue weighted by molar-refractivity contribution is 0.712. The van der Waals surface area contributed by atoms with Gasteiger partial charge in [-0.25, -0.2) is 0 Å². The van der Waals surface area contributed by atoms with Crippen molar-refractivity contribution < 1.29 is 0 Å². The Morgan fingerprint density at radius 2 is 2.14 bits per heavy atom. The SMILES string of the molecule is Cn1cc(SCCCCCCS)cn1. The Labute approximate surface area is 95.9 Å². The maximum absolute atomic E-state index is 4.19. The molecule has 2 nitrogen and oxygen atoms in total. The Balaban J connectivity index is 1.99. The predicted molar refractivity (Wildman–Crippen MR) is 66.3 cm³/mol. The molecule has 1 rings (SSSR count). The van der Waals surface area contributed by atoms with Crippen LogP contribution in [0.1, 0.15) is 25.7 Å². The molecule has 4 heteroatoms. The second kappa shape index (κ2) is 7.23. The molecule has 1 heterocycles. The highest BCUT2D eigenvalue weighted by molar-refractivity contribution is 7.99. The van der Waals surface area contributed by atoms with Crippen LogP contribution in [0.4, 0.5) is 0 Å². The average Bonchev–Trinajstić information content (AvgIpc) is 2.58. The Bertz CT molecular complexity index is 248. The molecule has 0 saturated heterocycles. The lowest BCUT2D eigenvalue weighted by Gasteiger charge is -1.98. The van der Waals surface area contributed by atoms with E-state index in [4.69, 9.17) is 0 Å². The van der Waals surface area contributed by atoms with Crippen molar-refractivity contribution in [2.24, 2.45) is 7.05 Å². The summed E-state index contributed by atoms with van der Waals surface area (Å²) < 4.78 is 1.85. The number of thiol groups is 1. The third kappa shape index (κ3) is 4.96. The average molecular weight is 230 g/mol. The summed E-state index contributed by atoms with van der Waals surface area (Å²) in [7, 11) is 1.96. The van der Waals surface area contributed by atoms with Gasteiger partial charge < -0.3 is 0 Å². The number of unbranched alkanes of at least 4 members (excludes halogenated alkanes) is 3. The van der Waals surface area contributed by atoms with Gasteiger partial charge in [-0.2, -0.15) is 17.7 Å². The van der Waals surface area contributed by atoms with Crippen LogP contribution in [0, 0.1) is 0 Å². The minimum absolute atomic E-state index is 1.02. The Kier molecular flexibility index (Phi) is 6.19.